The zero-order chi connectivity index (χ0) is 20.0. The van der Waals surface area contributed by atoms with Gasteiger partial charge in [0, 0.05) is 29.0 Å². The molecule has 0 unspecified atom stereocenters. The minimum atomic E-state index is -0.902. The number of pyridine rings is 2. The number of nitrogens with zero attached hydrogens (tertiary/aromatic N) is 4. The van der Waals surface area contributed by atoms with Gasteiger partial charge in [0.25, 0.3) is 5.91 Å². The molecule has 3 heterocycles. The van der Waals surface area contributed by atoms with Crippen molar-refractivity contribution in [3.05, 3.63) is 65.8 Å². The number of anilines is 1. The Labute approximate surface area is 165 Å². The summed E-state index contributed by atoms with van der Waals surface area (Å²) in [7, 11) is 0. The highest BCUT2D eigenvalue weighted by atomic mass is 19.1. The van der Waals surface area contributed by atoms with E-state index in [0.717, 1.165) is 5.56 Å². The summed E-state index contributed by atoms with van der Waals surface area (Å²) in [4.78, 5) is 25.6. The minimum absolute atomic E-state index is 0.266. The van der Waals surface area contributed by atoms with E-state index in [2.05, 4.69) is 25.4 Å². The number of amides is 1. The maximum atomic E-state index is 13.2. The normalized spacial score (nSPS) is 18.0. The van der Waals surface area contributed by atoms with E-state index in [1.807, 2.05) is 25.1 Å². The molecule has 1 amide bonds. The molecular weight excluding hydrogens is 373 g/mol. The molecule has 1 fully saturated rings. The predicted octanol–water partition coefficient (Wildman–Crippen LogP) is 4.07. The number of benzene rings is 1. The second-order valence-corrected chi connectivity index (χ2v) is 7.03. The van der Waals surface area contributed by atoms with Crippen molar-refractivity contribution in [2.24, 2.45) is 0 Å². The summed E-state index contributed by atoms with van der Waals surface area (Å²) >= 11 is 0. The van der Waals surface area contributed by atoms with Crippen molar-refractivity contribution in [3.8, 4) is 11.4 Å². The monoisotopic (exact) mass is 389 g/mol. The maximum absolute atomic E-state index is 13.2. The van der Waals surface area contributed by atoms with Gasteiger partial charge >= 0.3 is 0 Å². The number of hydrogen-bond acceptors (Lipinski definition) is 6. The molecule has 1 saturated carbocycles. The Morgan fingerprint density at radius 2 is 2.03 bits per heavy atom. The lowest BCUT2D eigenvalue weighted by Crippen LogP contribution is -2.13. The van der Waals surface area contributed by atoms with Gasteiger partial charge in [0.05, 0.1) is 11.5 Å². The lowest BCUT2D eigenvalue weighted by atomic mass is 10.1. The molecule has 0 aliphatic heterocycles. The van der Waals surface area contributed by atoms with Gasteiger partial charge in [-0.1, -0.05) is 17.3 Å². The Bertz CT molecular complexity index is 1230. The summed E-state index contributed by atoms with van der Waals surface area (Å²) < 4.78 is 18.4. The minimum Gasteiger partial charge on any atom is -0.339 e. The summed E-state index contributed by atoms with van der Waals surface area (Å²) in [6, 6.07) is 10.7. The number of aromatic nitrogens is 4. The zero-order valence-corrected chi connectivity index (χ0v) is 15.5. The lowest BCUT2D eigenvalue weighted by Gasteiger charge is -2.11. The van der Waals surface area contributed by atoms with Crippen molar-refractivity contribution in [2.45, 2.75) is 25.4 Å². The quantitative estimate of drug-likeness (QED) is 0.566. The van der Waals surface area contributed by atoms with Crippen LogP contribution in [0.2, 0.25) is 0 Å². The Balaban J connectivity index is 1.44. The number of hydrogen-bond donors (Lipinski definition) is 1. The molecule has 1 aliphatic rings. The van der Waals surface area contributed by atoms with Crippen molar-refractivity contribution in [2.75, 3.05) is 5.32 Å². The summed E-state index contributed by atoms with van der Waals surface area (Å²) in [6.07, 6.45) is 2.72. The van der Waals surface area contributed by atoms with E-state index in [0.29, 0.717) is 46.0 Å². The van der Waals surface area contributed by atoms with Gasteiger partial charge in [-0.2, -0.15) is 4.98 Å². The number of aryl methyl sites for hydroxylation is 1. The molecule has 1 aromatic carbocycles. The van der Waals surface area contributed by atoms with Crippen LogP contribution >= 0.6 is 0 Å². The summed E-state index contributed by atoms with van der Waals surface area (Å²) in [6.45, 7) is 1.89. The molecule has 0 bridgehead atoms. The number of halogens is 1. The smallest absolute Gasteiger partial charge is 0.256 e. The number of nitrogens with one attached hydrogen (secondary N) is 1. The summed E-state index contributed by atoms with van der Waals surface area (Å²) in [5, 5.41) is 7.56. The highest BCUT2D eigenvalue weighted by Crippen LogP contribution is 2.43. The Morgan fingerprint density at radius 1 is 1.21 bits per heavy atom. The Hall–Kier alpha value is -3.68. The van der Waals surface area contributed by atoms with Gasteiger partial charge in [0.1, 0.15) is 6.17 Å². The van der Waals surface area contributed by atoms with Crippen molar-refractivity contribution < 1.29 is 13.7 Å². The molecule has 8 heteroatoms. The molecule has 29 heavy (non-hydrogen) atoms. The van der Waals surface area contributed by atoms with E-state index in [1.165, 1.54) is 0 Å². The van der Waals surface area contributed by atoms with Gasteiger partial charge < -0.3 is 9.84 Å². The fraction of sp³-hybridized carbons (Fsp3) is 0.190. The molecule has 4 aromatic rings. The van der Waals surface area contributed by atoms with Crippen molar-refractivity contribution in [1.82, 2.24) is 20.1 Å². The van der Waals surface area contributed by atoms with Crippen molar-refractivity contribution in [1.29, 1.82) is 0 Å². The molecule has 144 valence electrons. The highest BCUT2D eigenvalue weighted by Gasteiger charge is 2.43. The molecule has 2 atom stereocenters. The SMILES string of the molecule is Cc1ccc(-c2noc([C@H]3C[C@@H]3F)n2)cc1NC(=O)c1ccnc2ncccc12. The van der Waals surface area contributed by atoms with Crippen molar-refractivity contribution >= 4 is 22.6 Å². The van der Waals surface area contributed by atoms with Crippen LogP contribution in [-0.2, 0) is 0 Å². The Kier molecular flexibility index (Phi) is 4.04. The van der Waals surface area contributed by atoms with Crippen LogP contribution in [-0.4, -0.2) is 32.2 Å². The fourth-order valence-electron chi connectivity index (χ4n) is 3.19. The van der Waals surface area contributed by atoms with Crippen LogP contribution in [0, 0.1) is 6.92 Å². The predicted molar refractivity (Wildman–Crippen MR) is 104 cm³/mol. The number of carbonyl (C=O) groups excluding carboxylic acids is 1. The zero-order valence-electron chi connectivity index (χ0n) is 15.5. The maximum Gasteiger partial charge on any atom is 0.256 e. The first-order chi connectivity index (χ1) is 14.1. The first-order valence-electron chi connectivity index (χ1n) is 9.20. The lowest BCUT2D eigenvalue weighted by molar-refractivity contribution is 0.102. The van der Waals surface area contributed by atoms with E-state index >= 15 is 0 Å². The van der Waals surface area contributed by atoms with Crippen LogP contribution in [0.5, 0.6) is 0 Å². The Morgan fingerprint density at radius 3 is 2.86 bits per heavy atom. The number of fused-ring (bicyclic) bond motifs is 1. The first-order valence-corrected chi connectivity index (χ1v) is 9.20. The molecule has 3 aromatic heterocycles. The number of rotatable bonds is 4. The second kappa shape index (κ2) is 6.73. The van der Waals surface area contributed by atoms with Gasteiger partial charge in [-0.25, -0.2) is 14.4 Å². The third-order valence-corrected chi connectivity index (χ3v) is 4.97. The average molecular weight is 389 g/mol. The highest BCUT2D eigenvalue weighted by molar-refractivity contribution is 6.12. The molecular formula is C21H16FN5O2. The van der Waals surface area contributed by atoms with E-state index < -0.39 is 6.17 Å². The largest absolute Gasteiger partial charge is 0.339 e. The van der Waals surface area contributed by atoms with Crippen LogP contribution in [0.15, 0.2) is 53.3 Å². The topological polar surface area (TPSA) is 93.8 Å². The van der Waals surface area contributed by atoms with E-state index in [1.54, 1.807) is 30.6 Å². The van der Waals surface area contributed by atoms with Crippen molar-refractivity contribution in [3.63, 3.8) is 0 Å². The van der Waals surface area contributed by atoms with Crippen LogP contribution in [0.25, 0.3) is 22.4 Å². The molecule has 1 aliphatic carbocycles. The molecule has 7 nitrogen and oxygen atoms in total. The fourth-order valence-corrected chi connectivity index (χ4v) is 3.19. The van der Waals surface area contributed by atoms with Gasteiger partial charge in [-0.05, 0) is 43.2 Å². The van der Waals surface area contributed by atoms with E-state index in [4.69, 9.17) is 4.52 Å². The van der Waals surface area contributed by atoms with Gasteiger partial charge in [-0.3, -0.25) is 4.79 Å². The summed E-state index contributed by atoms with van der Waals surface area (Å²) in [5.41, 5.74) is 3.18. The van der Waals surface area contributed by atoms with E-state index in [-0.39, 0.29) is 11.8 Å². The second-order valence-electron chi connectivity index (χ2n) is 7.03. The summed E-state index contributed by atoms with van der Waals surface area (Å²) in [5.74, 6) is 0.120. The molecule has 5 rings (SSSR count). The van der Waals surface area contributed by atoms with E-state index in [9.17, 15) is 9.18 Å². The van der Waals surface area contributed by atoms with Crippen LogP contribution in [0.3, 0.4) is 0 Å². The van der Waals surface area contributed by atoms with Gasteiger partial charge in [0.15, 0.2) is 5.65 Å². The third kappa shape index (κ3) is 3.22. The van der Waals surface area contributed by atoms with Crippen LogP contribution in [0.4, 0.5) is 10.1 Å². The molecule has 0 saturated heterocycles. The van der Waals surface area contributed by atoms with Gasteiger partial charge in [0.2, 0.25) is 11.7 Å². The average Bonchev–Trinajstić information content (AvgIpc) is 3.26. The standard InChI is InChI=1S/C21H16FN5O2/c1-11-4-5-12(18-26-21(29-27-18)15-10-16(15)22)9-17(11)25-20(28)14-6-8-24-19-13(14)3-2-7-23-19/h2-9,15-16H,10H2,1H3,(H,25,28)/t15-,16-/m0/s1. The van der Waals surface area contributed by atoms with Crippen LogP contribution < -0.4 is 5.32 Å². The van der Waals surface area contributed by atoms with Gasteiger partial charge in [-0.15, -0.1) is 0 Å². The molecule has 1 N–H and O–H groups in total. The first kappa shape index (κ1) is 17.4. The molecule has 0 spiro atoms. The molecule has 0 radical (unpaired) electrons. The number of alkyl halides is 1. The third-order valence-electron chi connectivity index (χ3n) is 4.97. The number of carbonyl (C=O) groups is 1. The van der Waals surface area contributed by atoms with Crippen LogP contribution in [0.1, 0.15) is 34.2 Å².